The van der Waals surface area contributed by atoms with Gasteiger partial charge in [-0.05, 0) is 68.4 Å². The largest absolute Gasteiger partial charge is 0.316 e. The summed E-state index contributed by atoms with van der Waals surface area (Å²) in [5.74, 6) is -0.585. The van der Waals surface area contributed by atoms with E-state index in [0.717, 1.165) is 31.4 Å². The topological polar surface area (TPSA) is 83.8 Å². The van der Waals surface area contributed by atoms with E-state index in [4.69, 9.17) is 11.6 Å². The highest BCUT2D eigenvalue weighted by atomic mass is 79.9. The summed E-state index contributed by atoms with van der Waals surface area (Å²) in [5.41, 5.74) is 6.29. The molecular weight excluding hydrogens is 576 g/mol. The van der Waals surface area contributed by atoms with Gasteiger partial charge in [0, 0.05) is 21.4 Å². The first-order valence-electron chi connectivity index (χ1n) is 11.3. The summed E-state index contributed by atoms with van der Waals surface area (Å²) in [4.78, 5) is 12.9. The van der Waals surface area contributed by atoms with E-state index >= 15 is 0 Å². The van der Waals surface area contributed by atoms with Crippen molar-refractivity contribution < 1.29 is 13.2 Å². The van der Waals surface area contributed by atoms with Gasteiger partial charge < -0.3 is 4.57 Å². The molecule has 0 saturated heterocycles. The van der Waals surface area contributed by atoms with Crippen LogP contribution in [0.3, 0.4) is 0 Å². The van der Waals surface area contributed by atoms with Crippen LogP contribution in [0.2, 0.25) is 5.02 Å². The molecule has 0 bridgehead atoms. The summed E-state index contributed by atoms with van der Waals surface area (Å²) < 4.78 is 30.6. The molecule has 190 valence electrons. The van der Waals surface area contributed by atoms with E-state index in [2.05, 4.69) is 26.5 Å². The fraction of sp³-hybridized carbons (Fsp3) is 0.111. The van der Waals surface area contributed by atoms with Crippen molar-refractivity contribution in [3.63, 3.8) is 0 Å². The third-order valence-corrected chi connectivity index (χ3v) is 8.33. The number of para-hydroxylation sites is 1. The number of hydrazone groups is 1. The number of hydrogen-bond donors (Lipinski definition) is 1. The molecule has 0 aliphatic carbocycles. The molecule has 0 atom stereocenters. The number of carbonyl (C=O) groups excluding carboxylic acids is 1. The maximum absolute atomic E-state index is 13.4. The number of aryl methyl sites for hydroxylation is 1. The summed E-state index contributed by atoms with van der Waals surface area (Å²) >= 11 is 9.73. The van der Waals surface area contributed by atoms with Gasteiger partial charge in [0.05, 0.1) is 27.5 Å². The molecule has 7 nitrogen and oxygen atoms in total. The predicted octanol–water partition coefficient (Wildman–Crippen LogP) is 5.86. The molecule has 10 heteroatoms. The number of halogens is 2. The summed E-state index contributed by atoms with van der Waals surface area (Å²) in [6.45, 7) is 3.44. The van der Waals surface area contributed by atoms with Gasteiger partial charge in [0.2, 0.25) is 0 Å². The van der Waals surface area contributed by atoms with Crippen molar-refractivity contribution in [1.82, 2.24) is 9.99 Å². The monoisotopic (exact) mass is 598 g/mol. The molecule has 0 spiro atoms. The Morgan fingerprint density at radius 2 is 1.68 bits per heavy atom. The number of rotatable bonds is 8. The Morgan fingerprint density at radius 3 is 2.35 bits per heavy atom. The lowest BCUT2D eigenvalue weighted by Gasteiger charge is -2.23. The van der Waals surface area contributed by atoms with Crippen molar-refractivity contribution in [3.8, 4) is 5.69 Å². The first-order valence-corrected chi connectivity index (χ1v) is 13.9. The maximum atomic E-state index is 13.4. The minimum atomic E-state index is -3.99. The lowest BCUT2D eigenvalue weighted by atomic mass is 10.2. The smallest absolute Gasteiger partial charge is 0.264 e. The van der Waals surface area contributed by atoms with Crippen LogP contribution in [0, 0.1) is 13.8 Å². The highest BCUT2D eigenvalue weighted by Crippen LogP contribution is 2.26. The molecule has 37 heavy (non-hydrogen) atoms. The third-order valence-electron chi connectivity index (χ3n) is 5.69. The second-order valence-corrected chi connectivity index (χ2v) is 11.4. The highest BCUT2D eigenvalue weighted by Gasteiger charge is 2.27. The van der Waals surface area contributed by atoms with Gasteiger partial charge in [0.15, 0.2) is 0 Å². The van der Waals surface area contributed by atoms with E-state index < -0.39 is 22.5 Å². The molecule has 3 aromatic carbocycles. The van der Waals surface area contributed by atoms with Crippen molar-refractivity contribution >= 4 is 55.4 Å². The second kappa shape index (κ2) is 11.3. The number of aromatic nitrogens is 1. The third kappa shape index (κ3) is 5.95. The predicted molar refractivity (Wildman–Crippen MR) is 151 cm³/mol. The first-order chi connectivity index (χ1) is 17.7. The van der Waals surface area contributed by atoms with Crippen LogP contribution >= 0.6 is 27.5 Å². The van der Waals surface area contributed by atoms with Gasteiger partial charge in [-0.3, -0.25) is 9.10 Å². The Balaban J connectivity index is 1.55. The van der Waals surface area contributed by atoms with Gasteiger partial charge in [-0.25, -0.2) is 13.8 Å². The fourth-order valence-electron chi connectivity index (χ4n) is 3.90. The SMILES string of the molecule is Cc1cc(/C=N\NC(=O)CN(c2ccc(Br)cc2)S(=O)(=O)c2ccccc2)c(C)n1-c1ccccc1Cl. The van der Waals surface area contributed by atoms with E-state index in [1.807, 2.05) is 48.7 Å². The number of nitrogens with one attached hydrogen (secondary N) is 1. The number of anilines is 1. The van der Waals surface area contributed by atoms with E-state index in [9.17, 15) is 13.2 Å². The molecular formula is C27H24BrClN4O3S. The summed E-state index contributed by atoms with van der Waals surface area (Å²) in [5, 5.41) is 4.71. The zero-order valence-electron chi connectivity index (χ0n) is 20.1. The van der Waals surface area contributed by atoms with Gasteiger partial charge >= 0.3 is 0 Å². The molecule has 0 saturated carbocycles. The quantitative estimate of drug-likeness (QED) is 0.204. The Kier molecular flexibility index (Phi) is 8.16. The molecule has 1 amide bonds. The van der Waals surface area contributed by atoms with Crippen LogP contribution in [-0.4, -0.2) is 31.7 Å². The molecule has 4 rings (SSSR count). The molecule has 0 fully saturated rings. The minimum Gasteiger partial charge on any atom is -0.316 e. The van der Waals surface area contributed by atoms with Crippen molar-refractivity contribution in [2.45, 2.75) is 18.7 Å². The van der Waals surface area contributed by atoms with Crippen LogP contribution in [0.1, 0.15) is 17.0 Å². The van der Waals surface area contributed by atoms with Crippen LogP contribution in [0.25, 0.3) is 5.69 Å². The number of benzene rings is 3. The average molecular weight is 600 g/mol. The molecule has 0 aliphatic heterocycles. The lowest BCUT2D eigenvalue weighted by molar-refractivity contribution is -0.119. The van der Waals surface area contributed by atoms with Crippen LogP contribution in [0.15, 0.2) is 99.4 Å². The Morgan fingerprint density at radius 1 is 1.03 bits per heavy atom. The number of nitrogens with zero attached hydrogens (tertiary/aromatic N) is 3. The van der Waals surface area contributed by atoms with E-state index in [1.165, 1.54) is 18.3 Å². The number of sulfonamides is 1. The Hall–Kier alpha value is -3.40. The van der Waals surface area contributed by atoms with Crippen LogP contribution in [0.4, 0.5) is 5.69 Å². The molecule has 0 aliphatic rings. The van der Waals surface area contributed by atoms with Crippen molar-refractivity contribution in [2.75, 3.05) is 10.8 Å². The minimum absolute atomic E-state index is 0.0845. The number of hydrogen-bond acceptors (Lipinski definition) is 4. The standard InChI is InChI=1S/C27H24BrClN4O3S/c1-19-16-21(20(2)33(19)26-11-7-6-10-25(26)29)17-30-31-27(34)18-32(23-14-12-22(28)13-15-23)37(35,36)24-8-4-3-5-9-24/h3-17H,18H2,1-2H3,(H,31,34)/b30-17-. The van der Waals surface area contributed by atoms with Crippen LogP contribution < -0.4 is 9.73 Å². The zero-order valence-corrected chi connectivity index (χ0v) is 23.3. The molecule has 1 aromatic heterocycles. The van der Waals surface area contributed by atoms with Gasteiger partial charge in [-0.1, -0.05) is 57.9 Å². The van der Waals surface area contributed by atoms with Crippen molar-refractivity contribution in [2.24, 2.45) is 5.10 Å². The van der Waals surface area contributed by atoms with Gasteiger partial charge in [0.25, 0.3) is 15.9 Å². The first kappa shape index (κ1) is 26.7. The fourth-order valence-corrected chi connectivity index (χ4v) is 5.83. The summed E-state index contributed by atoms with van der Waals surface area (Å²) in [6.07, 6.45) is 1.53. The Labute approximate surface area is 229 Å². The maximum Gasteiger partial charge on any atom is 0.264 e. The molecule has 0 radical (unpaired) electrons. The van der Waals surface area contributed by atoms with E-state index in [1.54, 1.807) is 42.5 Å². The highest BCUT2D eigenvalue weighted by molar-refractivity contribution is 9.10. The molecule has 4 aromatic rings. The lowest BCUT2D eigenvalue weighted by Crippen LogP contribution is -2.39. The van der Waals surface area contributed by atoms with E-state index in [0.29, 0.717) is 10.7 Å². The normalized spacial score (nSPS) is 11.6. The van der Waals surface area contributed by atoms with Crippen molar-refractivity contribution in [3.05, 3.63) is 111 Å². The van der Waals surface area contributed by atoms with Crippen LogP contribution in [0.5, 0.6) is 0 Å². The molecule has 0 unspecified atom stereocenters. The zero-order chi connectivity index (χ0) is 26.6. The second-order valence-electron chi connectivity index (χ2n) is 8.21. The van der Waals surface area contributed by atoms with Gasteiger partial charge in [-0.15, -0.1) is 0 Å². The number of amides is 1. The molecule has 1 heterocycles. The van der Waals surface area contributed by atoms with Crippen molar-refractivity contribution in [1.29, 1.82) is 0 Å². The molecule has 1 N–H and O–H groups in total. The van der Waals surface area contributed by atoms with E-state index in [-0.39, 0.29) is 4.90 Å². The average Bonchev–Trinajstić information content (AvgIpc) is 3.16. The number of carbonyl (C=O) groups is 1. The van der Waals surface area contributed by atoms with Crippen LogP contribution in [-0.2, 0) is 14.8 Å². The summed E-state index contributed by atoms with van der Waals surface area (Å²) in [6, 6.07) is 24.1. The Bertz CT molecular complexity index is 1550. The van der Waals surface area contributed by atoms with Gasteiger partial charge in [-0.2, -0.15) is 5.10 Å². The summed E-state index contributed by atoms with van der Waals surface area (Å²) in [7, 11) is -3.99. The van der Waals surface area contributed by atoms with Gasteiger partial charge in [0.1, 0.15) is 6.54 Å².